The van der Waals surface area contributed by atoms with Crippen LogP contribution in [0.2, 0.25) is 0 Å². The van der Waals surface area contributed by atoms with Crippen molar-refractivity contribution in [1.29, 1.82) is 0 Å². The molecule has 2 heteroatoms. The molecule has 0 heterocycles. The van der Waals surface area contributed by atoms with Gasteiger partial charge in [-0.1, -0.05) is 48.5 Å². The molecule has 126 valence electrons. The van der Waals surface area contributed by atoms with Gasteiger partial charge in [-0.3, -0.25) is 0 Å². The van der Waals surface area contributed by atoms with E-state index < -0.39 is 0 Å². The summed E-state index contributed by atoms with van der Waals surface area (Å²) in [6.45, 7) is 0. The largest absolute Gasteiger partial charge is 0.128 e. The van der Waals surface area contributed by atoms with Crippen LogP contribution in [0, 0.1) is 0 Å². The van der Waals surface area contributed by atoms with Crippen LogP contribution in [-0.4, -0.2) is 12.5 Å². The van der Waals surface area contributed by atoms with E-state index in [9.17, 15) is 0 Å². The van der Waals surface area contributed by atoms with E-state index in [1.54, 1.807) is 0 Å². The van der Waals surface area contributed by atoms with E-state index >= 15 is 0 Å². The molecule has 0 aliphatic carbocycles. The highest BCUT2D eigenvalue weighted by atomic mass is 32.2. The smallest absolute Gasteiger partial charge is 0.0227 e. The van der Waals surface area contributed by atoms with Crippen LogP contribution in [0.4, 0.5) is 0 Å². The minimum absolute atomic E-state index is 1.31. The van der Waals surface area contributed by atoms with Crippen molar-refractivity contribution in [3.05, 3.63) is 72.8 Å². The number of benzene rings is 5. The van der Waals surface area contributed by atoms with Crippen LogP contribution in [0.5, 0.6) is 0 Å². The molecule has 5 rings (SSSR count). The van der Waals surface area contributed by atoms with Crippen LogP contribution in [-0.2, 0) is 0 Å². The van der Waals surface area contributed by atoms with Gasteiger partial charge in [0.25, 0.3) is 0 Å². The summed E-state index contributed by atoms with van der Waals surface area (Å²) in [4.78, 5) is 2.76. The predicted octanol–water partition coefficient (Wildman–Crippen LogP) is 7.74. The minimum atomic E-state index is 1.31. The van der Waals surface area contributed by atoms with Crippen molar-refractivity contribution in [1.82, 2.24) is 0 Å². The Hall–Kier alpha value is -2.16. The summed E-state index contributed by atoms with van der Waals surface area (Å²) in [5.74, 6) is 0. The molecule has 0 bridgehead atoms. The van der Waals surface area contributed by atoms with E-state index in [1.165, 1.54) is 52.9 Å². The van der Waals surface area contributed by atoms with E-state index in [1.807, 2.05) is 23.5 Å². The molecule has 26 heavy (non-hydrogen) atoms. The van der Waals surface area contributed by atoms with Crippen molar-refractivity contribution < 1.29 is 0 Å². The van der Waals surface area contributed by atoms with Crippen LogP contribution in [0.25, 0.3) is 43.1 Å². The average molecular weight is 371 g/mol. The molecule has 0 aromatic heterocycles. The van der Waals surface area contributed by atoms with Gasteiger partial charge in [0.05, 0.1) is 0 Å². The Kier molecular flexibility index (Phi) is 3.84. The van der Waals surface area contributed by atoms with E-state index in [2.05, 4.69) is 85.3 Å². The van der Waals surface area contributed by atoms with Gasteiger partial charge in [0.2, 0.25) is 0 Å². The lowest BCUT2D eigenvalue weighted by molar-refractivity contribution is 1.56. The van der Waals surface area contributed by atoms with Gasteiger partial charge in [-0.2, -0.15) is 0 Å². The number of rotatable bonds is 2. The fourth-order valence-electron chi connectivity index (χ4n) is 3.96. The zero-order valence-electron chi connectivity index (χ0n) is 14.7. The summed E-state index contributed by atoms with van der Waals surface area (Å²) in [5, 5.41) is 10.7. The van der Waals surface area contributed by atoms with Gasteiger partial charge in [0.15, 0.2) is 0 Å². The first-order valence-electron chi connectivity index (χ1n) is 8.69. The van der Waals surface area contributed by atoms with Crippen molar-refractivity contribution in [2.24, 2.45) is 0 Å². The molecule has 0 saturated heterocycles. The molecule has 5 aromatic carbocycles. The lowest BCUT2D eigenvalue weighted by Gasteiger charge is -2.16. The van der Waals surface area contributed by atoms with Gasteiger partial charge in [0, 0.05) is 9.79 Å². The molecule has 0 amide bonds. The SMILES string of the molecule is CSc1c2cc3ccccc3cc2c(SC)c2cc3ccccc3cc12. The lowest BCUT2D eigenvalue weighted by Crippen LogP contribution is -1.88. The molecule has 0 radical (unpaired) electrons. The Morgan fingerprint density at radius 1 is 0.462 bits per heavy atom. The van der Waals surface area contributed by atoms with Gasteiger partial charge in [-0.15, -0.1) is 23.5 Å². The highest BCUT2D eigenvalue weighted by Crippen LogP contribution is 2.44. The molecule has 0 aliphatic rings. The summed E-state index contributed by atoms with van der Waals surface area (Å²) >= 11 is 3.71. The van der Waals surface area contributed by atoms with Crippen molar-refractivity contribution in [3.8, 4) is 0 Å². The number of hydrogen-bond donors (Lipinski definition) is 0. The number of fused-ring (bicyclic) bond motifs is 4. The second kappa shape index (κ2) is 6.22. The molecule has 0 unspecified atom stereocenters. The minimum Gasteiger partial charge on any atom is -0.128 e. The first kappa shape index (κ1) is 16.0. The van der Waals surface area contributed by atoms with Crippen molar-refractivity contribution >= 4 is 66.6 Å². The third-order valence-electron chi connectivity index (χ3n) is 5.16. The second-order valence-electron chi connectivity index (χ2n) is 6.56. The van der Waals surface area contributed by atoms with Crippen LogP contribution in [0.3, 0.4) is 0 Å². The highest BCUT2D eigenvalue weighted by Gasteiger charge is 2.15. The predicted molar refractivity (Wildman–Crippen MR) is 120 cm³/mol. The third-order valence-corrected chi connectivity index (χ3v) is 6.85. The molecule has 0 aliphatic heterocycles. The van der Waals surface area contributed by atoms with E-state index in [4.69, 9.17) is 0 Å². The van der Waals surface area contributed by atoms with Crippen LogP contribution >= 0.6 is 23.5 Å². The normalized spacial score (nSPS) is 11.8. The standard InChI is InChI=1S/C24H18S2/c1-25-23-19-11-15-7-3-5-9-17(15)13-21(19)24(26-2)22-14-18-10-6-4-8-16(18)12-20(22)23/h3-14H,1-2H3. The molecular weight excluding hydrogens is 352 g/mol. The maximum atomic E-state index is 2.37. The van der Waals surface area contributed by atoms with E-state index in [0.717, 1.165) is 0 Å². The Labute approximate surface area is 161 Å². The van der Waals surface area contributed by atoms with Gasteiger partial charge in [-0.05, 0) is 79.9 Å². The Morgan fingerprint density at radius 2 is 0.731 bits per heavy atom. The van der Waals surface area contributed by atoms with E-state index in [0.29, 0.717) is 0 Å². The summed E-state index contributed by atoms with van der Waals surface area (Å²) < 4.78 is 0. The third kappa shape index (κ3) is 2.33. The van der Waals surface area contributed by atoms with Crippen molar-refractivity contribution in [2.45, 2.75) is 9.79 Å². The molecule has 0 N–H and O–H groups in total. The van der Waals surface area contributed by atoms with Crippen LogP contribution in [0.1, 0.15) is 0 Å². The van der Waals surface area contributed by atoms with Crippen molar-refractivity contribution in [2.75, 3.05) is 12.5 Å². The zero-order chi connectivity index (χ0) is 17.7. The molecule has 0 spiro atoms. The zero-order valence-corrected chi connectivity index (χ0v) is 16.4. The van der Waals surface area contributed by atoms with Crippen molar-refractivity contribution in [3.63, 3.8) is 0 Å². The molecular formula is C24H18S2. The molecule has 0 saturated carbocycles. The molecule has 0 nitrogen and oxygen atoms in total. The molecule has 0 atom stereocenters. The highest BCUT2D eigenvalue weighted by molar-refractivity contribution is 7.99. The monoisotopic (exact) mass is 370 g/mol. The quantitative estimate of drug-likeness (QED) is 0.230. The Balaban J connectivity index is 2.06. The Morgan fingerprint density at radius 3 is 0.962 bits per heavy atom. The summed E-state index contributed by atoms with van der Waals surface area (Å²) in [6, 6.07) is 26.8. The number of thioether (sulfide) groups is 2. The van der Waals surface area contributed by atoms with E-state index in [-0.39, 0.29) is 0 Å². The fraction of sp³-hybridized carbons (Fsp3) is 0.0833. The number of hydrogen-bond acceptors (Lipinski definition) is 2. The first-order valence-corrected chi connectivity index (χ1v) is 11.1. The summed E-state index contributed by atoms with van der Waals surface area (Å²) in [7, 11) is 0. The van der Waals surface area contributed by atoms with Crippen LogP contribution in [0.15, 0.2) is 82.6 Å². The summed E-state index contributed by atoms with van der Waals surface area (Å²) in [5.41, 5.74) is 0. The Bertz CT molecular complexity index is 1100. The fourth-order valence-corrected chi connectivity index (χ4v) is 5.52. The van der Waals surface area contributed by atoms with Gasteiger partial charge in [-0.25, -0.2) is 0 Å². The lowest BCUT2D eigenvalue weighted by atomic mass is 9.97. The topological polar surface area (TPSA) is 0 Å². The van der Waals surface area contributed by atoms with Gasteiger partial charge < -0.3 is 0 Å². The maximum absolute atomic E-state index is 2.37. The second-order valence-corrected chi connectivity index (χ2v) is 8.19. The average Bonchev–Trinajstić information content (AvgIpc) is 2.69. The molecule has 5 aromatic rings. The maximum Gasteiger partial charge on any atom is 0.0227 e. The summed E-state index contributed by atoms with van der Waals surface area (Å²) in [6.07, 6.45) is 4.38. The van der Waals surface area contributed by atoms with Gasteiger partial charge in [0.1, 0.15) is 0 Å². The van der Waals surface area contributed by atoms with Gasteiger partial charge >= 0.3 is 0 Å². The van der Waals surface area contributed by atoms with Crippen LogP contribution < -0.4 is 0 Å². The first-order chi connectivity index (χ1) is 12.8. The molecule has 0 fully saturated rings.